The third-order valence-corrected chi connectivity index (χ3v) is 5.33. The van der Waals surface area contributed by atoms with Crippen molar-refractivity contribution < 1.29 is 22.6 Å². The molecule has 1 fully saturated rings. The van der Waals surface area contributed by atoms with Gasteiger partial charge in [-0.1, -0.05) is 35.9 Å². The maximum Gasteiger partial charge on any atom is 0.387 e. The molecule has 1 aliphatic heterocycles. The van der Waals surface area contributed by atoms with Crippen molar-refractivity contribution >= 4 is 29.9 Å². The van der Waals surface area contributed by atoms with Crippen LogP contribution in [-0.4, -0.2) is 32.8 Å². The number of aliphatic imine (C=N–C) groups is 1. The number of halogens is 4. The van der Waals surface area contributed by atoms with E-state index in [1.54, 1.807) is 7.05 Å². The summed E-state index contributed by atoms with van der Waals surface area (Å²) in [5.74, 6) is -0.139. The average molecular weight is 563 g/mol. The van der Waals surface area contributed by atoms with Crippen molar-refractivity contribution in [2.75, 3.05) is 20.2 Å². The van der Waals surface area contributed by atoms with Crippen LogP contribution in [0.25, 0.3) is 0 Å². The molecule has 9 heteroatoms. The number of hydrogen-bond acceptors (Lipinski definition) is 3. The molecule has 2 atom stereocenters. The third-order valence-electron chi connectivity index (χ3n) is 5.33. The molecule has 1 heterocycles. The molecule has 1 saturated heterocycles. The highest BCUT2D eigenvalue weighted by molar-refractivity contribution is 14.0. The van der Waals surface area contributed by atoms with Gasteiger partial charge in [-0.2, -0.15) is 8.78 Å². The highest BCUT2D eigenvalue weighted by Crippen LogP contribution is 2.33. The minimum atomic E-state index is -3.03. The first-order valence-corrected chi connectivity index (χ1v) is 10.3. The van der Waals surface area contributed by atoms with Gasteiger partial charge in [0.15, 0.2) is 5.96 Å². The molecule has 0 bridgehead atoms. The molecule has 5 nitrogen and oxygen atoms in total. The van der Waals surface area contributed by atoms with Crippen LogP contribution in [0.15, 0.2) is 47.5 Å². The lowest BCUT2D eigenvalue weighted by Gasteiger charge is -2.32. The molecule has 0 amide bonds. The first kappa shape index (κ1) is 26.2. The Hall–Kier alpha value is -2.01. The SMILES string of the molecule is CN=C(NCc1c(F)cccc1OC(F)F)NCC1CCCOC1c1ccc(C)cc1.I. The fourth-order valence-electron chi connectivity index (χ4n) is 3.71. The van der Waals surface area contributed by atoms with Gasteiger partial charge in [0.2, 0.25) is 0 Å². The van der Waals surface area contributed by atoms with Gasteiger partial charge in [-0.25, -0.2) is 4.39 Å². The van der Waals surface area contributed by atoms with E-state index in [4.69, 9.17) is 4.74 Å². The Labute approximate surface area is 203 Å². The minimum absolute atomic E-state index is 0. The molecule has 2 aromatic rings. The van der Waals surface area contributed by atoms with Crippen molar-refractivity contribution in [3.63, 3.8) is 0 Å². The number of hydrogen-bond donors (Lipinski definition) is 2. The number of ether oxygens (including phenoxy) is 2. The number of aryl methyl sites for hydroxylation is 1. The molecule has 2 aromatic carbocycles. The van der Waals surface area contributed by atoms with Crippen LogP contribution in [0.1, 0.15) is 35.6 Å². The summed E-state index contributed by atoms with van der Waals surface area (Å²) in [5, 5.41) is 6.22. The van der Waals surface area contributed by atoms with Gasteiger partial charge < -0.3 is 20.1 Å². The van der Waals surface area contributed by atoms with E-state index < -0.39 is 12.4 Å². The molecule has 0 spiro atoms. The van der Waals surface area contributed by atoms with Gasteiger partial charge >= 0.3 is 6.61 Å². The smallest absolute Gasteiger partial charge is 0.387 e. The van der Waals surface area contributed by atoms with Crippen LogP contribution < -0.4 is 15.4 Å². The highest BCUT2D eigenvalue weighted by Gasteiger charge is 2.27. The number of alkyl halides is 2. The number of nitrogens with zero attached hydrogens (tertiary/aromatic N) is 1. The molecule has 2 unspecified atom stereocenters. The van der Waals surface area contributed by atoms with Gasteiger partial charge in [-0.05, 0) is 37.5 Å². The van der Waals surface area contributed by atoms with E-state index >= 15 is 0 Å². The second-order valence-corrected chi connectivity index (χ2v) is 7.51. The Morgan fingerprint density at radius 1 is 1.19 bits per heavy atom. The molecule has 3 rings (SSSR count). The van der Waals surface area contributed by atoms with Crippen LogP contribution in [0.4, 0.5) is 13.2 Å². The number of rotatable bonds is 7. The zero-order valence-electron chi connectivity index (χ0n) is 18.1. The van der Waals surface area contributed by atoms with Crippen molar-refractivity contribution in [2.45, 2.75) is 39.0 Å². The lowest BCUT2D eigenvalue weighted by molar-refractivity contribution is -0.0506. The molecular weight excluding hydrogens is 534 g/mol. The minimum Gasteiger partial charge on any atom is -0.434 e. The molecule has 1 aliphatic rings. The van der Waals surface area contributed by atoms with Gasteiger partial charge in [0, 0.05) is 38.2 Å². The molecular formula is C23H29F3IN3O2. The number of benzene rings is 2. The summed E-state index contributed by atoms with van der Waals surface area (Å²) in [5.41, 5.74) is 2.35. The summed E-state index contributed by atoms with van der Waals surface area (Å²) in [6.45, 7) is 0.311. The van der Waals surface area contributed by atoms with Gasteiger partial charge in [-0.15, -0.1) is 24.0 Å². The van der Waals surface area contributed by atoms with E-state index in [2.05, 4.69) is 44.6 Å². The second kappa shape index (κ2) is 12.9. The van der Waals surface area contributed by atoms with Crippen molar-refractivity contribution in [1.29, 1.82) is 0 Å². The van der Waals surface area contributed by atoms with Crippen LogP contribution >= 0.6 is 24.0 Å². The maximum atomic E-state index is 14.2. The van der Waals surface area contributed by atoms with Crippen LogP contribution in [-0.2, 0) is 11.3 Å². The van der Waals surface area contributed by atoms with E-state index in [0.29, 0.717) is 12.5 Å². The van der Waals surface area contributed by atoms with Crippen LogP contribution in [0.2, 0.25) is 0 Å². The fourth-order valence-corrected chi connectivity index (χ4v) is 3.71. The lowest BCUT2D eigenvalue weighted by atomic mass is 9.89. The van der Waals surface area contributed by atoms with Crippen LogP contribution in [0, 0.1) is 18.7 Å². The van der Waals surface area contributed by atoms with Gasteiger partial charge in [0.25, 0.3) is 0 Å². The molecule has 176 valence electrons. The zero-order valence-corrected chi connectivity index (χ0v) is 20.4. The lowest BCUT2D eigenvalue weighted by Crippen LogP contribution is -2.41. The quantitative estimate of drug-likeness (QED) is 0.277. The van der Waals surface area contributed by atoms with Gasteiger partial charge in [-0.3, -0.25) is 4.99 Å². The zero-order chi connectivity index (χ0) is 22.2. The largest absolute Gasteiger partial charge is 0.434 e. The summed E-state index contributed by atoms with van der Waals surface area (Å²) in [6.07, 6.45) is 1.96. The highest BCUT2D eigenvalue weighted by atomic mass is 127. The predicted octanol–water partition coefficient (Wildman–Crippen LogP) is 5.19. The van der Waals surface area contributed by atoms with Crippen LogP contribution in [0.5, 0.6) is 5.75 Å². The first-order valence-electron chi connectivity index (χ1n) is 10.3. The van der Waals surface area contributed by atoms with Gasteiger partial charge in [0.05, 0.1) is 6.10 Å². The van der Waals surface area contributed by atoms with E-state index in [1.807, 2.05) is 6.92 Å². The average Bonchev–Trinajstić information content (AvgIpc) is 2.76. The topological polar surface area (TPSA) is 54.9 Å². The Kier molecular flexibility index (Phi) is 10.6. The van der Waals surface area contributed by atoms with Crippen molar-refractivity contribution in [3.8, 4) is 5.75 Å². The van der Waals surface area contributed by atoms with E-state index in [1.165, 1.54) is 23.8 Å². The monoisotopic (exact) mass is 563 g/mol. The molecule has 0 radical (unpaired) electrons. The van der Waals surface area contributed by atoms with E-state index in [-0.39, 0.29) is 53.9 Å². The predicted molar refractivity (Wildman–Crippen MR) is 129 cm³/mol. The molecule has 0 aromatic heterocycles. The van der Waals surface area contributed by atoms with Crippen molar-refractivity contribution in [1.82, 2.24) is 10.6 Å². The van der Waals surface area contributed by atoms with E-state index in [9.17, 15) is 13.2 Å². The normalized spacial score (nSPS) is 18.8. The Morgan fingerprint density at radius 3 is 2.62 bits per heavy atom. The maximum absolute atomic E-state index is 14.2. The summed E-state index contributed by atoms with van der Waals surface area (Å²) in [6, 6.07) is 12.2. The van der Waals surface area contributed by atoms with E-state index in [0.717, 1.165) is 25.0 Å². The number of guanidine groups is 1. The second-order valence-electron chi connectivity index (χ2n) is 7.51. The van der Waals surface area contributed by atoms with Crippen LogP contribution in [0.3, 0.4) is 0 Å². The summed E-state index contributed by atoms with van der Waals surface area (Å²) < 4.78 is 49.8. The summed E-state index contributed by atoms with van der Waals surface area (Å²) >= 11 is 0. The Morgan fingerprint density at radius 2 is 1.94 bits per heavy atom. The standard InChI is InChI=1S/C23H28F3N3O2.HI/c1-15-8-10-16(11-9-15)21-17(5-4-12-30-21)13-28-23(27-2)29-14-18-19(24)6-3-7-20(18)31-22(25)26;/h3,6-11,17,21-22H,4-5,12-14H2,1-2H3,(H2,27,28,29);1H. The Bertz CT molecular complexity index is 881. The molecule has 32 heavy (non-hydrogen) atoms. The Balaban J connectivity index is 0.00000363. The fraction of sp³-hybridized carbons (Fsp3) is 0.435. The molecule has 0 saturated carbocycles. The van der Waals surface area contributed by atoms with Crippen molar-refractivity contribution in [3.05, 3.63) is 65.0 Å². The summed E-state index contributed by atoms with van der Waals surface area (Å²) in [7, 11) is 1.60. The third kappa shape index (κ3) is 7.26. The number of nitrogens with one attached hydrogen (secondary N) is 2. The molecule has 2 N–H and O–H groups in total. The van der Waals surface area contributed by atoms with Crippen molar-refractivity contribution in [2.24, 2.45) is 10.9 Å². The summed E-state index contributed by atoms with van der Waals surface area (Å²) in [4.78, 5) is 4.16. The first-order chi connectivity index (χ1) is 15.0. The molecule has 0 aliphatic carbocycles. The van der Waals surface area contributed by atoms with Gasteiger partial charge in [0.1, 0.15) is 11.6 Å².